The van der Waals surface area contributed by atoms with Crippen LogP contribution < -0.4 is 5.32 Å². The average Bonchev–Trinajstić information content (AvgIpc) is 3.16. The van der Waals surface area contributed by atoms with Gasteiger partial charge in [-0.25, -0.2) is 8.42 Å². The third kappa shape index (κ3) is 4.19. The lowest BCUT2D eigenvalue weighted by Gasteiger charge is -2.27. The summed E-state index contributed by atoms with van der Waals surface area (Å²) >= 11 is 0. The number of aromatic amines is 1. The number of para-hydroxylation sites is 1. The molecule has 0 bridgehead atoms. The van der Waals surface area contributed by atoms with Crippen LogP contribution in [0.2, 0.25) is 0 Å². The Labute approximate surface area is 169 Å². The Morgan fingerprint density at radius 2 is 1.76 bits per heavy atom. The molecule has 7 nitrogen and oxygen atoms in total. The molecule has 0 aliphatic carbocycles. The highest BCUT2D eigenvalue weighted by Crippen LogP contribution is 2.22. The second-order valence-corrected chi connectivity index (χ2v) is 8.84. The predicted octanol–water partition coefficient (Wildman–Crippen LogP) is 2.05. The van der Waals surface area contributed by atoms with Crippen LogP contribution in [0.5, 0.6) is 0 Å². The van der Waals surface area contributed by atoms with Crippen LogP contribution in [0.15, 0.2) is 59.6 Å². The van der Waals surface area contributed by atoms with Crippen molar-refractivity contribution in [2.75, 3.05) is 26.3 Å². The number of morpholine rings is 1. The lowest BCUT2D eigenvalue weighted by Crippen LogP contribution is -2.41. The van der Waals surface area contributed by atoms with Gasteiger partial charge in [-0.1, -0.05) is 36.4 Å². The lowest BCUT2D eigenvalue weighted by atomic mass is 10.1. The molecule has 1 saturated heterocycles. The summed E-state index contributed by atoms with van der Waals surface area (Å²) < 4.78 is 32.7. The molecule has 1 amide bonds. The first kappa shape index (κ1) is 19.6. The number of hydrogen-bond acceptors (Lipinski definition) is 4. The first-order valence-electron chi connectivity index (χ1n) is 9.53. The fourth-order valence-corrected chi connectivity index (χ4v) is 5.16. The van der Waals surface area contributed by atoms with Gasteiger partial charge in [0.2, 0.25) is 15.9 Å². The van der Waals surface area contributed by atoms with E-state index in [2.05, 4.69) is 10.3 Å². The van der Waals surface area contributed by atoms with Crippen molar-refractivity contribution in [3.05, 3.63) is 65.9 Å². The summed E-state index contributed by atoms with van der Waals surface area (Å²) in [4.78, 5) is 15.9. The highest BCUT2D eigenvalue weighted by atomic mass is 32.2. The van der Waals surface area contributed by atoms with Gasteiger partial charge in [0.05, 0.1) is 24.5 Å². The normalized spacial score (nSPS) is 15.4. The molecular formula is C21H23N3O4S. The van der Waals surface area contributed by atoms with Gasteiger partial charge in [-0.3, -0.25) is 4.79 Å². The van der Waals surface area contributed by atoms with Crippen LogP contribution in [-0.2, 0) is 32.5 Å². The van der Waals surface area contributed by atoms with E-state index in [0.29, 0.717) is 31.9 Å². The molecule has 1 aliphatic rings. The number of H-pyrrole nitrogens is 1. The van der Waals surface area contributed by atoms with Crippen molar-refractivity contribution in [1.82, 2.24) is 14.6 Å². The van der Waals surface area contributed by atoms with Gasteiger partial charge in [0.15, 0.2) is 0 Å². The van der Waals surface area contributed by atoms with E-state index in [-0.39, 0.29) is 23.8 Å². The van der Waals surface area contributed by atoms with Crippen molar-refractivity contribution in [3.63, 3.8) is 0 Å². The Morgan fingerprint density at radius 3 is 2.59 bits per heavy atom. The van der Waals surface area contributed by atoms with Crippen LogP contribution in [-0.4, -0.2) is 49.9 Å². The minimum absolute atomic E-state index is 0.154. The Hall–Kier alpha value is -2.68. The standard InChI is InChI=1S/C21H23N3O4S/c25-21(13-17-15-22-19-7-3-2-6-18(17)19)23-14-16-5-1-4-8-20(16)29(26,27)24-9-11-28-12-10-24/h1-8,15,22H,9-14H2,(H,23,25). The zero-order valence-corrected chi connectivity index (χ0v) is 16.7. The number of rotatable bonds is 6. The highest BCUT2D eigenvalue weighted by Gasteiger charge is 2.28. The summed E-state index contributed by atoms with van der Waals surface area (Å²) in [5.41, 5.74) is 2.47. The van der Waals surface area contributed by atoms with Gasteiger partial charge in [-0.05, 0) is 23.3 Å². The number of carbonyl (C=O) groups excluding carboxylic acids is 1. The number of fused-ring (bicyclic) bond motifs is 1. The van der Waals surface area contributed by atoms with Gasteiger partial charge in [-0.15, -0.1) is 0 Å². The van der Waals surface area contributed by atoms with Crippen molar-refractivity contribution in [1.29, 1.82) is 0 Å². The first-order chi connectivity index (χ1) is 14.1. The maximum absolute atomic E-state index is 13.0. The summed E-state index contributed by atoms with van der Waals surface area (Å²) in [7, 11) is -3.62. The monoisotopic (exact) mass is 413 g/mol. The number of carbonyl (C=O) groups is 1. The molecule has 4 rings (SSSR count). The van der Waals surface area contributed by atoms with E-state index in [9.17, 15) is 13.2 Å². The number of hydrogen-bond donors (Lipinski definition) is 2. The SMILES string of the molecule is O=C(Cc1c[nH]c2ccccc12)NCc1ccccc1S(=O)(=O)N1CCOCC1. The Morgan fingerprint density at radius 1 is 1.03 bits per heavy atom. The van der Waals surface area contributed by atoms with Crippen LogP contribution in [0.3, 0.4) is 0 Å². The molecule has 1 aromatic heterocycles. The molecule has 2 aromatic carbocycles. The molecule has 8 heteroatoms. The lowest BCUT2D eigenvalue weighted by molar-refractivity contribution is -0.120. The van der Waals surface area contributed by atoms with Gasteiger partial charge in [0, 0.05) is 36.7 Å². The van der Waals surface area contributed by atoms with Crippen LogP contribution in [0.4, 0.5) is 0 Å². The van der Waals surface area contributed by atoms with Crippen LogP contribution in [0.1, 0.15) is 11.1 Å². The van der Waals surface area contributed by atoms with E-state index in [4.69, 9.17) is 4.74 Å². The first-order valence-corrected chi connectivity index (χ1v) is 11.0. The van der Waals surface area contributed by atoms with Crippen LogP contribution >= 0.6 is 0 Å². The molecule has 3 aromatic rings. The van der Waals surface area contributed by atoms with E-state index in [1.165, 1.54) is 4.31 Å². The summed E-state index contributed by atoms with van der Waals surface area (Å²) in [6.07, 6.45) is 2.06. The van der Waals surface area contributed by atoms with E-state index in [1.54, 1.807) is 24.3 Å². The van der Waals surface area contributed by atoms with Gasteiger partial charge < -0.3 is 15.0 Å². The second kappa shape index (κ2) is 8.36. The van der Waals surface area contributed by atoms with E-state index >= 15 is 0 Å². The largest absolute Gasteiger partial charge is 0.379 e. The second-order valence-electron chi connectivity index (χ2n) is 6.94. The quantitative estimate of drug-likeness (QED) is 0.647. The number of benzene rings is 2. The molecule has 152 valence electrons. The summed E-state index contributed by atoms with van der Waals surface area (Å²) in [6, 6.07) is 14.6. The van der Waals surface area contributed by atoms with Crippen molar-refractivity contribution in [2.24, 2.45) is 0 Å². The molecule has 2 heterocycles. The Bertz CT molecular complexity index is 1120. The fraction of sp³-hybridized carbons (Fsp3) is 0.286. The van der Waals surface area contributed by atoms with Crippen LogP contribution in [0, 0.1) is 0 Å². The molecule has 1 fully saturated rings. The minimum Gasteiger partial charge on any atom is -0.379 e. The molecule has 0 unspecified atom stereocenters. The minimum atomic E-state index is -3.62. The number of sulfonamides is 1. The van der Waals surface area contributed by atoms with Crippen LogP contribution in [0.25, 0.3) is 10.9 Å². The number of amides is 1. The molecule has 0 saturated carbocycles. The topological polar surface area (TPSA) is 91.5 Å². The zero-order valence-electron chi connectivity index (χ0n) is 15.9. The van der Waals surface area contributed by atoms with Crippen molar-refractivity contribution >= 4 is 26.8 Å². The highest BCUT2D eigenvalue weighted by molar-refractivity contribution is 7.89. The maximum Gasteiger partial charge on any atom is 0.243 e. The molecular weight excluding hydrogens is 390 g/mol. The summed E-state index contributed by atoms with van der Waals surface area (Å²) in [5.74, 6) is -0.159. The molecule has 2 N–H and O–H groups in total. The van der Waals surface area contributed by atoms with Crippen molar-refractivity contribution in [2.45, 2.75) is 17.9 Å². The van der Waals surface area contributed by atoms with Crippen molar-refractivity contribution < 1.29 is 17.9 Å². The predicted molar refractivity (Wildman–Crippen MR) is 110 cm³/mol. The van der Waals surface area contributed by atoms with Crippen molar-refractivity contribution in [3.8, 4) is 0 Å². The molecule has 0 radical (unpaired) electrons. The van der Waals surface area contributed by atoms with Gasteiger partial charge >= 0.3 is 0 Å². The van der Waals surface area contributed by atoms with E-state index < -0.39 is 10.0 Å². The molecule has 1 aliphatic heterocycles. The molecule has 29 heavy (non-hydrogen) atoms. The average molecular weight is 413 g/mol. The maximum atomic E-state index is 13.0. The zero-order chi connectivity index (χ0) is 20.3. The Kier molecular flexibility index (Phi) is 5.66. The third-order valence-corrected chi connectivity index (χ3v) is 7.06. The number of ether oxygens (including phenoxy) is 1. The van der Waals surface area contributed by atoms with E-state index in [1.807, 2.05) is 30.5 Å². The molecule has 0 atom stereocenters. The smallest absolute Gasteiger partial charge is 0.243 e. The fourth-order valence-electron chi connectivity index (χ4n) is 3.53. The molecule has 0 spiro atoms. The number of nitrogens with zero attached hydrogens (tertiary/aromatic N) is 1. The van der Waals surface area contributed by atoms with Gasteiger partial charge in [0.25, 0.3) is 0 Å². The summed E-state index contributed by atoms with van der Waals surface area (Å²) in [6.45, 7) is 1.61. The Balaban J connectivity index is 1.47. The van der Waals surface area contributed by atoms with Gasteiger partial charge in [-0.2, -0.15) is 4.31 Å². The summed E-state index contributed by atoms with van der Waals surface area (Å²) in [5, 5.41) is 3.87. The third-order valence-electron chi connectivity index (χ3n) is 5.06. The van der Waals surface area contributed by atoms with Gasteiger partial charge in [0.1, 0.15) is 0 Å². The number of nitrogens with one attached hydrogen (secondary N) is 2. The van der Waals surface area contributed by atoms with E-state index in [0.717, 1.165) is 16.5 Å². The number of aromatic nitrogens is 1.